The smallest absolute Gasteiger partial charge is 0.185 e. The molecule has 1 nitrogen and oxygen atoms in total. The molecule has 0 saturated heterocycles. The summed E-state index contributed by atoms with van der Waals surface area (Å²) in [6, 6.07) is 16.5. The van der Waals surface area contributed by atoms with Crippen LogP contribution in [0.1, 0.15) is 118 Å². The van der Waals surface area contributed by atoms with E-state index in [1.165, 1.54) is 100 Å². The molecule has 0 aliphatic heterocycles. The van der Waals surface area contributed by atoms with E-state index >= 15 is 0 Å². The first-order valence-electron chi connectivity index (χ1n) is 13.7. The van der Waals surface area contributed by atoms with Gasteiger partial charge >= 0.3 is 0 Å². The average Bonchev–Trinajstić information content (AvgIpc) is 2.88. The molecule has 0 fully saturated rings. The van der Waals surface area contributed by atoms with Crippen LogP contribution in [0.25, 0.3) is 6.08 Å². The Morgan fingerprint density at radius 1 is 0.676 bits per heavy atom. The van der Waals surface area contributed by atoms with Crippen LogP contribution in [0.5, 0.6) is 0 Å². The van der Waals surface area contributed by atoms with E-state index in [2.05, 4.69) is 49.6 Å². The molecule has 0 aliphatic rings. The molecule has 2 rings (SSSR count). The fraction of sp³-hybridized carbons (Fsp3) is 0.531. The number of allylic oxidation sites excluding steroid dienone is 1. The van der Waals surface area contributed by atoms with Crippen LogP contribution in [0, 0.1) is 0 Å². The minimum absolute atomic E-state index is 0.0667. The van der Waals surface area contributed by atoms with Gasteiger partial charge in [-0.05, 0) is 48.4 Å². The molecule has 0 spiro atoms. The molecule has 0 amide bonds. The molecule has 0 aromatic heterocycles. The van der Waals surface area contributed by atoms with Crippen LogP contribution in [0.3, 0.4) is 0 Å². The summed E-state index contributed by atoms with van der Waals surface area (Å²) in [5.41, 5.74) is 3.16. The standard InChI is InChI=1S/C32H46OS/c1-3-4-5-6-7-8-9-10-11-12-13-14-15-16-17-28-18-23-30(24-19-28)32(33)27-22-29-20-25-31(34-2)26-21-29/h18-27H,3-17H2,1-2H3. The zero-order valence-corrected chi connectivity index (χ0v) is 22.5. The van der Waals surface area contributed by atoms with Crippen molar-refractivity contribution in [3.63, 3.8) is 0 Å². The molecular formula is C32H46OS. The lowest BCUT2D eigenvalue weighted by Gasteiger charge is -2.04. The van der Waals surface area contributed by atoms with Crippen LogP contribution < -0.4 is 0 Å². The summed E-state index contributed by atoms with van der Waals surface area (Å²) in [7, 11) is 0. The summed E-state index contributed by atoms with van der Waals surface area (Å²) < 4.78 is 0. The summed E-state index contributed by atoms with van der Waals surface area (Å²) in [5.74, 6) is 0.0667. The first-order valence-corrected chi connectivity index (χ1v) is 14.9. The first-order chi connectivity index (χ1) is 16.7. The Balaban J connectivity index is 1.51. The number of carbonyl (C=O) groups excluding carboxylic acids is 1. The molecule has 0 bridgehead atoms. The molecule has 2 aromatic rings. The van der Waals surface area contributed by atoms with Crippen LogP contribution in [-0.4, -0.2) is 12.0 Å². The number of thioether (sulfide) groups is 1. The summed E-state index contributed by atoms with van der Waals surface area (Å²) in [6.07, 6.45) is 26.3. The van der Waals surface area contributed by atoms with E-state index in [9.17, 15) is 4.79 Å². The van der Waals surface area contributed by atoms with Gasteiger partial charge in [-0.25, -0.2) is 0 Å². The maximum atomic E-state index is 12.5. The van der Waals surface area contributed by atoms with Crippen LogP contribution in [-0.2, 0) is 6.42 Å². The van der Waals surface area contributed by atoms with Gasteiger partial charge in [-0.1, -0.05) is 133 Å². The molecule has 0 aliphatic carbocycles. The largest absolute Gasteiger partial charge is 0.289 e. The lowest BCUT2D eigenvalue weighted by molar-refractivity contribution is 0.104. The molecule has 34 heavy (non-hydrogen) atoms. The third-order valence-electron chi connectivity index (χ3n) is 6.60. The van der Waals surface area contributed by atoms with Gasteiger partial charge in [0.25, 0.3) is 0 Å². The highest BCUT2D eigenvalue weighted by molar-refractivity contribution is 7.98. The summed E-state index contributed by atoms with van der Waals surface area (Å²) in [5, 5.41) is 0. The van der Waals surface area contributed by atoms with Gasteiger partial charge in [-0.15, -0.1) is 11.8 Å². The van der Waals surface area contributed by atoms with E-state index in [4.69, 9.17) is 0 Å². The van der Waals surface area contributed by atoms with Gasteiger partial charge in [0.2, 0.25) is 0 Å². The molecule has 2 aromatic carbocycles. The predicted molar refractivity (Wildman–Crippen MR) is 152 cm³/mol. The zero-order valence-electron chi connectivity index (χ0n) is 21.7. The molecule has 0 unspecified atom stereocenters. The number of benzene rings is 2. The van der Waals surface area contributed by atoms with Crippen molar-refractivity contribution in [2.75, 3.05) is 6.26 Å². The van der Waals surface area contributed by atoms with Crippen molar-refractivity contribution in [2.45, 2.75) is 108 Å². The maximum absolute atomic E-state index is 12.5. The molecule has 0 radical (unpaired) electrons. The number of aryl methyl sites for hydroxylation is 1. The lowest BCUT2D eigenvalue weighted by Crippen LogP contribution is -1.95. The van der Waals surface area contributed by atoms with E-state index < -0.39 is 0 Å². The fourth-order valence-electron chi connectivity index (χ4n) is 4.34. The summed E-state index contributed by atoms with van der Waals surface area (Å²) in [4.78, 5) is 13.7. The predicted octanol–water partition coefficient (Wildman–Crippen LogP) is 10.3. The van der Waals surface area contributed by atoms with Gasteiger partial charge in [-0.2, -0.15) is 0 Å². The Bertz CT molecular complexity index is 804. The van der Waals surface area contributed by atoms with Gasteiger partial charge in [0, 0.05) is 10.5 Å². The Hall–Kier alpha value is -1.80. The van der Waals surface area contributed by atoms with E-state index in [0.717, 1.165) is 17.5 Å². The topological polar surface area (TPSA) is 17.1 Å². The highest BCUT2D eigenvalue weighted by atomic mass is 32.2. The van der Waals surface area contributed by atoms with Crippen LogP contribution in [0.2, 0.25) is 0 Å². The van der Waals surface area contributed by atoms with Gasteiger partial charge in [-0.3, -0.25) is 4.79 Å². The molecule has 2 heteroatoms. The minimum Gasteiger partial charge on any atom is -0.289 e. The Labute approximate surface area is 213 Å². The monoisotopic (exact) mass is 478 g/mol. The number of unbranched alkanes of at least 4 members (excludes halogenated alkanes) is 13. The van der Waals surface area contributed by atoms with Crippen molar-refractivity contribution in [1.82, 2.24) is 0 Å². The van der Waals surface area contributed by atoms with E-state index in [0.29, 0.717) is 0 Å². The zero-order chi connectivity index (χ0) is 24.3. The highest BCUT2D eigenvalue weighted by Gasteiger charge is 2.02. The third-order valence-corrected chi connectivity index (χ3v) is 7.34. The summed E-state index contributed by atoms with van der Waals surface area (Å²) >= 11 is 1.72. The SMILES string of the molecule is CCCCCCCCCCCCCCCCc1ccc(C(=O)C=Cc2ccc(SC)cc2)cc1. The number of hydrogen-bond donors (Lipinski definition) is 0. The molecular weight excluding hydrogens is 432 g/mol. The van der Waals surface area contributed by atoms with Crippen molar-refractivity contribution in [2.24, 2.45) is 0 Å². The Morgan fingerprint density at radius 2 is 1.18 bits per heavy atom. The van der Waals surface area contributed by atoms with Gasteiger partial charge in [0.15, 0.2) is 5.78 Å². The number of carbonyl (C=O) groups is 1. The quantitative estimate of drug-likeness (QED) is 0.0864. The lowest BCUT2D eigenvalue weighted by atomic mass is 10.0. The Kier molecular flexibility index (Phi) is 15.5. The Morgan fingerprint density at radius 3 is 1.68 bits per heavy atom. The van der Waals surface area contributed by atoms with Crippen LogP contribution >= 0.6 is 11.8 Å². The van der Waals surface area contributed by atoms with E-state index in [-0.39, 0.29) is 5.78 Å². The number of hydrogen-bond acceptors (Lipinski definition) is 2. The molecule has 0 atom stereocenters. The number of rotatable bonds is 19. The van der Waals surface area contributed by atoms with Gasteiger partial charge < -0.3 is 0 Å². The average molecular weight is 479 g/mol. The van der Waals surface area contributed by atoms with E-state index in [1.54, 1.807) is 17.8 Å². The fourth-order valence-corrected chi connectivity index (χ4v) is 4.75. The normalized spacial score (nSPS) is 11.4. The first kappa shape index (κ1) is 28.4. The van der Waals surface area contributed by atoms with Crippen molar-refractivity contribution in [3.05, 3.63) is 71.3 Å². The maximum Gasteiger partial charge on any atom is 0.185 e. The van der Waals surface area contributed by atoms with Crippen molar-refractivity contribution in [1.29, 1.82) is 0 Å². The number of ketones is 1. The van der Waals surface area contributed by atoms with Crippen LogP contribution in [0.4, 0.5) is 0 Å². The third kappa shape index (κ3) is 12.6. The van der Waals surface area contributed by atoms with E-state index in [1.807, 2.05) is 18.2 Å². The van der Waals surface area contributed by atoms with Crippen molar-refractivity contribution < 1.29 is 4.79 Å². The molecule has 0 saturated carbocycles. The molecule has 0 N–H and O–H groups in total. The second-order valence-corrected chi connectivity index (χ2v) is 10.4. The molecule has 0 heterocycles. The van der Waals surface area contributed by atoms with Gasteiger partial charge in [0.05, 0.1) is 0 Å². The minimum atomic E-state index is 0.0667. The molecule has 186 valence electrons. The summed E-state index contributed by atoms with van der Waals surface area (Å²) in [6.45, 7) is 2.29. The van der Waals surface area contributed by atoms with Crippen molar-refractivity contribution >= 4 is 23.6 Å². The second kappa shape index (κ2) is 18.5. The highest BCUT2D eigenvalue weighted by Crippen LogP contribution is 2.17. The van der Waals surface area contributed by atoms with Crippen LogP contribution in [0.15, 0.2) is 59.5 Å². The van der Waals surface area contributed by atoms with Gasteiger partial charge in [0.1, 0.15) is 0 Å². The second-order valence-electron chi connectivity index (χ2n) is 9.51. The van der Waals surface area contributed by atoms with Crippen molar-refractivity contribution in [3.8, 4) is 0 Å².